The lowest BCUT2D eigenvalue weighted by atomic mass is 10.2. The van der Waals surface area contributed by atoms with Crippen LogP contribution in [0.25, 0.3) is 0 Å². The van der Waals surface area contributed by atoms with Crippen molar-refractivity contribution in [2.75, 3.05) is 5.73 Å². The Balaban J connectivity index is 2.12. The van der Waals surface area contributed by atoms with E-state index in [2.05, 4.69) is 30.9 Å². The first kappa shape index (κ1) is 11.8. The van der Waals surface area contributed by atoms with Crippen LogP contribution < -0.4 is 10.5 Å². The number of aromatic nitrogens is 3. The highest BCUT2D eigenvalue weighted by Gasteiger charge is 2.06. The molecule has 0 saturated heterocycles. The van der Waals surface area contributed by atoms with Crippen LogP contribution in [-0.2, 0) is 6.61 Å². The molecular formula is C11H11BrN4O. The lowest BCUT2D eigenvalue weighted by Crippen LogP contribution is -2.04. The van der Waals surface area contributed by atoms with Crippen LogP contribution >= 0.6 is 15.9 Å². The molecule has 5 nitrogen and oxygen atoms in total. The zero-order valence-electron chi connectivity index (χ0n) is 9.22. The Kier molecular flexibility index (Phi) is 3.53. The third-order valence-electron chi connectivity index (χ3n) is 2.24. The Morgan fingerprint density at radius 3 is 3.00 bits per heavy atom. The molecule has 0 saturated carbocycles. The van der Waals surface area contributed by atoms with E-state index >= 15 is 0 Å². The van der Waals surface area contributed by atoms with Crippen LogP contribution in [0.4, 0.5) is 5.82 Å². The summed E-state index contributed by atoms with van der Waals surface area (Å²) >= 11 is 3.22. The second-order valence-electron chi connectivity index (χ2n) is 3.47. The number of nitrogens with zero attached hydrogens (tertiary/aromatic N) is 3. The van der Waals surface area contributed by atoms with Gasteiger partial charge >= 0.3 is 0 Å². The Hall–Kier alpha value is -1.69. The molecule has 2 aromatic rings. The van der Waals surface area contributed by atoms with Crippen molar-refractivity contribution in [2.24, 2.45) is 0 Å². The van der Waals surface area contributed by atoms with Crippen molar-refractivity contribution in [1.29, 1.82) is 0 Å². The fourth-order valence-electron chi connectivity index (χ4n) is 1.28. The lowest BCUT2D eigenvalue weighted by molar-refractivity contribution is 0.293. The van der Waals surface area contributed by atoms with E-state index < -0.39 is 0 Å². The molecule has 0 radical (unpaired) electrons. The molecule has 2 N–H and O–H groups in total. The van der Waals surface area contributed by atoms with Gasteiger partial charge in [-0.05, 0) is 40.0 Å². The normalized spacial score (nSPS) is 10.2. The molecule has 17 heavy (non-hydrogen) atoms. The maximum atomic E-state index is 5.66. The van der Waals surface area contributed by atoms with E-state index in [0.29, 0.717) is 17.1 Å². The highest BCUT2D eigenvalue weighted by atomic mass is 79.9. The molecule has 0 aromatic carbocycles. The zero-order chi connectivity index (χ0) is 12.3. The van der Waals surface area contributed by atoms with Gasteiger partial charge < -0.3 is 10.5 Å². The molecule has 0 spiro atoms. The van der Waals surface area contributed by atoms with Gasteiger partial charge in [0.15, 0.2) is 5.82 Å². The summed E-state index contributed by atoms with van der Waals surface area (Å²) in [5.74, 6) is 0.607. The first-order valence-corrected chi connectivity index (χ1v) is 5.76. The molecule has 6 heteroatoms. The molecule has 2 rings (SSSR count). The summed E-state index contributed by atoms with van der Waals surface area (Å²) in [6.07, 6.45) is 5.04. The van der Waals surface area contributed by atoms with Crippen LogP contribution in [0.15, 0.2) is 29.3 Å². The van der Waals surface area contributed by atoms with E-state index in [1.165, 1.54) is 6.20 Å². The first-order valence-electron chi connectivity index (χ1n) is 4.97. The summed E-state index contributed by atoms with van der Waals surface area (Å²) in [5, 5.41) is 0. The number of hydrogen-bond acceptors (Lipinski definition) is 5. The van der Waals surface area contributed by atoms with Crippen LogP contribution in [0.1, 0.15) is 11.1 Å². The summed E-state index contributed by atoms with van der Waals surface area (Å²) in [4.78, 5) is 12.1. The van der Waals surface area contributed by atoms with E-state index in [-0.39, 0.29) is 5.82 Å². The largest absolute Gasteiger partial charge is 0.470 e. The zero-order valence-corrected chi connectivity index (χ0v) is 10.8. The Bertz CT molecular complexity index is 533. The fourth-order valence-corrected chi connectivity index (χ4v) is 1.54. The van der Waals surface area contributed by atoms with Gasteiger partial charge in [-0.3, -0.25) is 4.98 Å². The van der Waals surface area contributed by atoms with Gasteiger partial charge in [0.1, 0.15) is 11.2 Å². The molecule has 0 fully saturated rings. The molecule has 0 bridgehead atoms. The van der Waals surface area contributed by atoms with Gasteiger partial charge in [-0.2, -0.15) is 0 Å². The number of hydrogen-bond donors (Lipinski definition) is 1. The third kappa shape index (κ3) is 2.91. The molecule has 0 unspecified atom stereocenters. The van der Waals surface area contributed by atoms with E-state index in [0.717, 1.165) is 11.1 Å². The van der Waals surface area contributed by atoms with Crippen LogP contribution in [0, 0.1) is 6.92 Å². The highest BCUT2D eigenvalue weighted by Crippen LogP contribution is 2.19. The smallest absolute Gasteiger partial charge is 0.258 e. The molecule has 0 atom stereocenters. The van der Waals surface area contributed by atoms with Gasteiger partial charge in [-0.1, -0.05) is 0 Å². The van der Waals surface area contributed by atoms with Crippen LogP contribution in [0.5, 0.6) is 5.88 Å². The number of rotatable bonds is 3. The van der Waals surface area contributed by atoms with Gasteiger partial charge in [0.05, 0.1) is 6.20 Å². The molecular weight excluding hydrogens is 284 g/mol. The van der Waals surface area contributed by atoms with E-state index in [1.807, 2.05) is 13.0 Å². The van der Waals surface area contributed by atoms with Gasteiger partial charge in [-0.15, -0.1) is 0 Å². The van der Waals surface area contributed by atoms with Gasteiger partial charge in [0.2, 0.25) is 0 Å². The molecule has 0 aliphatic heterocycles. The Morgan fingerprint density at radius 1 is 1.41 bits per heavy atom. The predicted octanol–water partition coefficient (Wildman–Crippen LogP) is 2.10. The summed E-state index contributed by atoms with van der Waals surface area (Å²) in [5.41, 5.74) is 7.77. The Morgan fingerprint density at radius 2 is 2.24 bits per heavy atom. The number of halogens is 1. The second kappa shape index (κ2) is 5.09. The maximum Gasteiger partial charge on any atom is 0.258 e. The first-order chi connectivity index (χ1) is 8.16. The molecule has 0 aliphatic carbocycles. The Labute approximate surface area is 107 Å². The monoisotopic (exact) mass is 294 g/mol. The average Bonchev–Trinajstić information content (AvgIpc) is 2.32. The molecule has 88 valence electrons. The maximum absolute atomic E-state index is 5.66. The minimum absolute atomic E-state index is 0.278. The second-order valence-corrected chi connectivity index (χ2v) is 4.29. The quantitative estimate of drug-likeness (QED) is 0.938. The van der Waals surface area contributed by atoms with Crippen molar-refractivity contribution in [3.8, 4) is 5.88 Å². The SMILES string of the molecule is Cc1cnccc1COc1nc(Br)cnc1N. The minimum atomic E-state index is 0.278. The number of nitrogen functional groups attached to an aromatic ring is 1. The summed E-state index contributed by atoms with van der Waals surface area (Å²) < 4.78 is 6.12. The number of ether oxygens (including phenoxy) is 1. The van der Waals surface area contributed by atoms with Crippen molar-refractivity contribution >= 4 is 21.7 Å². The molecule has 2 aromatic heterocycles. The number of nitrogens with two attached hydrogens (primary N) is 1. The number of pyridine rings is 1. The summed E-state index contributed by atoms with van der Waals surface area (Å²) in [6.45, 7) is 2.37. The third-order valence-corrected chi connectivity index (χ3v) is 2.62. The van der Waals surface area contributed by atoms with Crippen LogP contribution in [0.3, 0.4) is 0 Å². The van der Waals surface area contributed by atoms with Crippen molar-refractivity contribution in [1.82, 2.24) is 15.0 Å². The minimum Gasteiger partial charge on any atom is -0.470 e. The van der Waals surface area contributed by atoms with Crippen molar-refractivity contribution in [2.45, 2.75) is 13.5 Å². The molecule has 2 heterocycles. The fraction of sp³-hybridized carbons (Fsp3) is 0.182. The average molecular weight is 295 g/mol. The number of aryl methyl sites for hydroxylation is 1. The van der Waals surface area contributed by atoms with Crippen LogP contribution in [0.2, 0.25) is 0 Å². The summed E-state index contributed by atoms with van der Waals surface area (Å²) in [6, 6.07) is 1.90. The van der Waals surface area contributed by atoms with Gasteiger partial charge in [-0.25, -0.2) is 9.97 Å². The summed E-state index contributed by atoms with van der Waals surface area (Å²) in [7, 11) is 0. The van der Waals surface area contributed by atoms with E-state index in [1.54, 1.807) is 12.4 Å². The standard InChI is InChI=1S/C11H11BrN4O/c1-7-4-14-3-2-8(7)6-17-11-10(13)15-5-9(12)16-11/h2-5H,6H2,1H3,(H2,13,15). The van der Waals surface area contributed by atoms with Gasteiger partial charge in [0.25, 0.3) is 5.88 Å². The van der Waals surface area contributed by atoms with E-state index in [9.17, 15) is 0 Å². The lowest BCUT2D eigenvalue weighted by Gasteiger charge is -2.08. The van der Waals surface area contributed by atoms with Crippen LogP contribution in [-0.4, -0.2) is 15.0 Å². The topological polar surface area (TPSA) is 73.9 Å². The predicted molar refractivity (Wildman–Crippen MR) is 67.5 cm³/mol. The van der Waals surface area contributed by atoms with Crippen molar-refractivity contribution in [3.63, 3.8) is 0 Å². The highest BCUT2D eigenvalue weighted by molar-refractivity contribution is 9.10. The number of anilines is 1. The molecule has 0 amide bonds. The van der Waals surface area contributed by atoms with Crippen molar-refractivity contribution < 1.29 is 4.74 Å². The van der Waals surface area contributed by atoms with Crippen molar-refractivity contribution in [3.05, 3.63) is 40.4 Å². The van der Waals surface area contributed by atoms with E-state index in [4.69, 9.17) is 10.5 Å². The van der Waals surface area contributed by atoms with Gasteiger partial charge in [0, 0.05) is 12.4 Å². The molecule has 0 aliphatic rings.